The van der Waals surface area contributed by atoms with Crippen LogP contribution in [0.15, 0.2) is 73.1 Å². The topological polar surface area (TPSA) is 90.3 Å². The summed E-state index contributed by atoms with van der Waals surface area (Å²) in [6, 6.07) is 19.5. The first-order valence-electron chi connectivity index (χ1n) is 13.7. The minimum Gasteiger partial charge on any atom is -0.455 e. The second kappa shape index (κ2) is 11.8. The summed E-state index contributed by atoms with van der Waals surface area (Å²) in [5.74, 6) is 2.18. The molecule has 0 spiro atoms. The largest absolute Gasteiger partial charge is 0.455 e. The zero-order chi connectivity index (χ0) is 28.1. The molecule has 1 aliphatic rings. The van der Waals surface area contributed by atoms with Crippen molar-refractivity contribution in [3.8, 4) is 22.6 Å². The summed E-state index contributed by atoms with van der Waals surface area (Å²) < 4.78 is 11.7. The van der Waals surface area contributed by atoms with Crippen molar-refractivity contribution in [3.63, 3.8) is 0 Å². The van der Waals surface area contributed by atoms with Gasteiger partial charge in [0.2, 0.25) is 5.95 Å². The van der Waals surface area contributed by atoms with Crippen LogP contribution < -0.4 is 9.64 Å². The summed E-state index contributed by atoms with van der Waals surface area (Å²) in [6.45, 7) is 9.06. The van der Waals surface area contributed by atoms with Crippen LogP contribution in [0.4, 0.5) is 5.95 Å². The third-order valence-corrected chi connectivity index (χ3v) is 6.75. The number of nitrogens with zero attached hydrogens (tertiary/aromatic N) is 5. The number of aromatic nitrogens is 4. The molecule has 0 unspecified atom stereocenters. The first-order valence-corrected chi connectivity index (χ1v) is 13.7. The summed E-state index contributed by atoms with van der Waals surface area (Å²) in [5, 5.41) is 0. The lowest BCUT2D eigenvalue weighted by Crippen LogP contribution is -2.35. The summed E-state index contributed by atoms with van der Waals surface area (Å²) in [5.41, 5.74) is 2.22. The molecule has 0 N–H and O–H groups in total. The van der Waals surface area contributed by atoms with Gasteiger partial charge in [-0.1, -0.05) is 48.5 Å². The highest BCUT2D eigenvalue weighted by Crippen LogP contribution is 2.30. The first kappa shape index (κ1) is 27.2. The maximum Gasteiger partial charge on any atom is 0.361 e. The van der Waals surface area contributed by atoms with E-state index >= 15 is 0 Å². The summed E-state index contributed by atoms with van der Waals surface area (Å²) >= 11 is 0. The minimum absolute atomic E-state index is 0.158. The molecule has 0 radical (unpaired) electrons. The molecule has 5 rings (SSSR count). The Bertz CT molecular complexity index is 1430. The summed E-state index contributed by atoms with van der Waals surface area (Å²) in [7, 11) is 0. The highest BCUT2D eigenvalue weighted by molar-refractivity contribution is 5.91. The van der Waals surface area contributed by atoms with Gasteiger partial charge in [-0.3, -0.25) is 0 Å². The molecule has 8 heteroatoms. The Balaban J connectivity index is 1.28. The molecule has 0 aliphatic carbocycles. The van der Waals surface area contributed by atoms with Gasteiger partial charge >= 0.3 is 5.97 Å². The van der Waals surface area contributed by atoms with Crippen molar-refractivity contribution in [3.05, 3.63) is 90.3 Å². The number of anilines is 1. The maximum atomic E-state index is 13.2. The smallest absolute Gasteiger partial charge is 0.361 e. The van der Waals surface area contributed by atoms with Crippen molar-refractivity contribution in [2.75, 3.05) is 18.0 Å². The Hall–Kier alpha value is -4.33. The lowest BCUT2D eigenvalue weighted by Gasteiger charge is -2.31. The van der Waals surface area contributed by atoms with Gasteiger partial charge in [0.05, 0.1) is 5.69 Å². The van der Waals surface area contributed by atoms with Gasteiger partial charge in [-0.2, -0.15) is 0 Å². The second-order valence-electron chi connectivity index (χ2n) is 11.1. The number of rotatable bonds is 7. The lowest BCUT2D eigenvalue weighted by atomic mass is 9.93. The quantitative estimate of drug-likeness (QED) is 0.249. The van der Waals surface area contributed by atoms with Crippen LogP contribution in [0.5, 0.6) is 11.5 Å². The van der Waals surface area contributed by atoms with Crippen molar-refractivity contribution in [2.45, 2.75) is 52.6 Å². The van der Waals surface area contributed by atoms with Gasteiger partial charge in [0.15, 0.2) is 11.4 Å². The first-order chi connectivity index (χ1) is 19.2. The van der Waals surface area contributed by atoms with Crippen LogP contribution in [0.2, 0.25) is 0 Å². The molecule has 0 amide bonds. The summed E-state index contributed by atoms with van der Waals surface area (Å²) in [4.78, 5) is 34.1. The van der Waals surface area contributed by atoms with E-state index in [1.54, 1.807) is 0 Å². The monoisotopic (exact) mass is 537 g/mol. The van der Waals surface area contributed by atoms with Gasteiger partial charge in [-0.25, -0.2) is 24.7 Å². The number of aryl methyl sites for hydroxylation is 1. The van der Waals surface area contributed by atoms with Gasteiger partial charge in [-0.05, 0) is 64.2 Å². The molecule has 4 aromatic rings. The highest BCUT2D eigenvalue weighted by Gasteiger charge is 2.28. The molecule has 1 fully saturated rings. The number of para-hydroxylation sites is 1. The lowest BCUT2D eigenvalue weighted by molar-refractivity contribution is 0.00592. The Labute approximate surface area is 235 Å². The van der Waals surface area contributed by atoms with Crippen molar-refractivity contribution < 1.29 is 14.3 Å². The number of ether oxygens (including phenoxy) is 2. The second-order valence-corrected chi connectivity index (χ2v) is 11.1. The van der Waals surface area contributed by atoms with E-state index < -0.39 is 11.6 Å². The van der Waals surface area contributed by atoms with E-state index in [1.165, 1.54) is 0 Å². The van der Waals surface area contributed by atoms with Gasteiger partial charge in [0.1, 0.15) is 17.2 Å². The molecule has 0 atom stereocenters. The van der Waals surface area contributed by atoms with Gasteiger partial charge in [0, 0.05) is 37.5 Å². The number of benzene rings is 2. The molecule has 8 nitrogen and oxygen atoms in total. The van der Waals surface area contributed by atoms with Crippen LogP contribution in [0, 0.1) is 12.8 Å². The van der Waals surface area contributed by atoms with Gasteiger partial charge < -0.3 is 14.4 Å². The van der Waals surface area contributed by atoms with E-state index in [1.807, 2.05) is 88.6 Å². The molecule has 3 heterocycles. The molecular weight excluding hydrogens is 502 g/mol. The van der Waals surface area contributed by atoms with Crippen LogP contribution >= 0.6 is 0 Å². The number of esters is 1. The molecule has 0 bridgehead atoms. The van der Waals surface area contributed by atoms with E-state index in [0.29, 0.717) is 35.4 Å². The molecule has 206 valence electrons. The van der Waals surface area contributed by atoms with Gasteiger partial charge in [-0.15, -0.1) is 0 Å². The predicted molar refractivity (Wildman–Crippen MR) is 155 cm³/mol. The van der Waals surface area contributed by atoms with Crippen molar-refractivity contribution in [2.24, 2.45) is 5.92 Å². The van der Waals surface area contributed by atoms with Crippen LogP contribution in [0.1, 0.15) is 55.6 Å². The number of hydrogen-bond donors (Lipinski definition) is 0. The average molecular weight is 538 g/mol. The minimum atomic E-state index is -0.658. The van der Waals surface area contributed by atoms with E-state index in [0.717, 1.165) is 43.0 Å². The Morgan fingerprint density at radius 3 is 2.15 bits per heavy atom. The molecule has 1 aliphatic heterocycles. The standard InChI is InChI=1S/C32H35N5O3/c1-22-29(39-26-13-9-6-10-14-26)28(30(38)40-32(2,3)4)36-27(35-22)19-23-15-17-37(18-16-23)31-33-20-25(21-34-31)24-11-7-5-8-12-24/h5-14,20-21,23H,15-19H2,1-4H3. The number of carbonyl (C=O) groups excluding carboxylic acids is 1. The van der Waals surface area contributed by atoms with Crippen LogP contribution in [0.3, 0.4) is 0 Å². The molecule has 1 saturated heterocycles. The molecule has 2 aromatic carbocycles. The zero-order valence-electron chi connectivity index (χ0n) is 23.5. The van der Waals surface area contributed by atoms with E-state index in [4.69, 9.17) is 14.5 Å². The SMILES string of the molecule is Cc1nc(CC2CCN(c3ncc(-c4ccccc4)cn3)CC2)nc(C(=O)OC(C)(C)C)c1Oc1ccccc1. The zero-order valence-corrected chi connectivity index (χ0v) is 23.5. The van der Waals surface area contributed by atoms with E-state index in [2.05, 4.69) is 32.0 Å². The van der Waals surface area contributed by atoms with Crippen molar-refractivity contribution >= 4 is 11.9 Å². The Morgan fingerprint density at radius 1 is 0.900 bits per heavy atom. The molecule has 40 heavy (non-hydrogen) atoms. The maximum absolute atomic E-state index is 13.2. The van der Waals surface area contributed by atoms with Gasteiger partial charge in [0.25, 0.3) is 0 Å². The van der Waals surface area contributed by atoms with Crippen LogP contribution in [-0.2, 0) is 11.2 Å². The third-order valence-electron chi connectivity index (χ3n) is 6.75. The van der Waals surface area contributed by atoms with Crippen LogP contribution in [0.25, 0.3) is 11.1 Å². The van der Waals surface area contributed by atoms with E-state index in [9.17, 15) is 4.79 Å². The molecule has 2 aromatic heterocycles. The number of piperidine rings is 1. The van der Waals surface area contributed by atoms with Crippen LogP contribution in [-0.4, -0.2) is 44.6 Å². The fourth-order valence-electron chi connectivity index (χ4n) is 4.76. The molecule has 0 saturated carbocycles. The number of hydrogen-bond acceptors (Lipinski definition) is 8. The molecular formula is C32H35N5O3. The highest BCUT2D eigenvalue weighted by atomic mass is 16.6. The number of carbonyl (C=O) groups is 1. The Morgan fingerprint density at radius 2 is 1.52 bits per heavy atom. The average Bonchev–Trinajstić information content (AvgIpc) is 2.95. The van der Waals surface area contributed by atoms with Crippen molar-refractivity contribution in [1.29, 1.82) is 0 Å². The fourth-order valence-corrected chi connectivity index (χ4v) is 4.76. The Kier molecular flexibility index (Phi) is 8.05. The normalized spacial score (nSPS) is 14.2. The fraction of sp³-hybridized carbons (Fsp3) is 0.344. The summed E-state index contributed by atoms with van der Waals surface area (Å²) in [6.07, 6.45) is 6.35. The third kappa shape index (κ3) is 6.81. The predicted octanol–water partition coefficient (Wildman–Crippen LogP) is 6.45. The van der Waals surface area contributed by atoms with Crippen molar-refractivity contribution in [1.82, 2.24) is 19.9 Å². The van der Waals surface area contributed by atoms with E-state index in [-0.39, 0.29) is 5.69 Å².